The van der Waals surface area contributed by atoms with E-state index in [1.807, 2.05) is 19.1 Å². The number of hydrogen-bond donors (Lipinski definition) is 2. The molecule has 10 nitrogen and oxygen atoms in total. The number of nitrogens with zero attached hydrogens (tertiary/aromatic N) is 4. The van der Waals surface area contributed by atoms with Gasteiger partial charge in [0.2, 0.25) is 5.95 Å². The van der Waals surface area contributed by atoms with Gasteiger partial charge < -0.3 is 19.4 Å². The number of aryl methyl sites for hydroxylation is 2. The van der Waals surface area contributed by atoms with Crippen LogP contribution in [0.2, 0.25) is 0 Å². The number of hydrazine groups is 1. The minimum atomic E-state index is -4.54. The van der Waals surface area contributed by atoms with Gasteiger partial charge in [0.05, 0.1) is 14.2 Å². The number of ether oxygens (including phenoxy) is 2. The number of carbonyl (C=O) groups excluding carboxylic acids is 1. The molecule has 1 aromatic carbocycles. The first kappa shape index (κ1) is 26.7. The summed E-state index contributed by atoms with van der Waals surface area (Å²) in [6.45, 7) is 3.38. The van der Waals surface area contributed by atoms with Crippen molar-refractivity contribution in [3.63, 3.8) is 0 Å². The predicted molar refractivity (Wildman–Crippen MR) is 134 cm³/mol. The number of aromatic nitrogens is 3. The first-order valence-corrected chi connectivity index (χ1v) is 11.3. The summed E-state index contributed by atoms with van der Waals surface area (Å²) in [7, 11) is 4.12. The van der Waals surface area contributed by atoms with E-state index in [1.54, 1.807) is 6.07 Å². The molecule has 1 aliphatic heterocycles. The molecule has 13 heteroatoms. The summed E-state index contributed by atoms with van der Waals surface area (Å²) in [5, 5.41) is 4.24. The SMILES string of the molecule is COC(=O)c1cc(-c2cnc(Nc3cc(C)cc(OC)c3)nc2N2NC(C(F)(F)F)C=C2C)cn(C)c1=O. The lowest BCUT2D eigenvalue weighted by Crippen LogP contribution is -2.45. The standard InChI is InChI=1S/C25H25F3N6O4/c1-13-6-16(10-17(7-13)37-4)30-24-29-11-19(15-9-18(23(36)38-5)22(35)33(3)12-15)21(31-24)34-14(2)8-20(32-34)25(26,27)28/h6-12,20,32H,1-5H3,(H,29,30,31). The second-order valence-corrected chi connectivity index (χ2v) is 8.64. The molecule has 2 N–H and O–H groups in total. The van der Waals surface area contributed by atoms with Gasteiger partial charge in [-0.25, -0.2) is 15.2 Å². The molecule has 0 aliphatic carbocycles. The number of hydrogen-bond acceptors (Lipinski definition) is 9. The third-order valence-corrected chi connectivity index (χ3v) is 5.80. The van der Waals surface area contributed by atoms with Crippen LogP contribution in [0.5, 0.6) is 5.75 Å². The van der Waals surface area contributed by atoms with Crippen LogP contribution < -0.4 is 26.0 Å². The lowest BCUT2D eigenvalue weighted by atomic mass is 10.1. The van der Waals surface area contributed by atoms with Crippen molar-refractivity contribution in [2.45, 2.75) is 26.1 Å². The van der Waals surface area contributed by atoms with Crippen molar-refractivity contribution in [1.29, 1.82) is 0 Å². The summed E-state index contributed by atoms with van der Waals surface area (Å²) in [5.74, 6) is -0.0939. The zero-order valence-corrected chi connectivity index (χ0v) is 21.2. The zero-order valence-electron chi connectivity index (χ0n) is 21.2. The van der Waals surface area contributed by atoms with E-state index in [-0.39, 0.29) is 28.6 Å². The number of methoxy groups -OCH3 is 2. The Labute approximate surface area is 215 Å². The Balaban J connectivity index is 1.85. The van der Waals surface area contributed by atoms with Gasteiger partial charge >= 0.3 is 12.1 Å². The monoisotopic (exact) mass is 530 g/mol. The molecule has 4 rings (SSSR count). The fourth-order valence-electron chi connectivity index (χ4n) is 3.98. The number of allylic oxidation sites excluding steroid dienone is 1. The summed E-state index contributed by atoms with van der Waals surface area (Å²) < 4.78 is 51.7. The molecular weight excluding hydrogens is 505 g/mol. The minimum absolute atomic E-state index is 0.0667. The number of nitrogens with one attached hydrogen (secondary N) is 2. The molecule has 0 amide bonds. The van der Waals surface area contributed by atoms with Crippen LogP contribution in [0.25, 0.3) is 11.1 Å². The summed E-state index contributed by atoms with van der Waals surface area (Å²) >= 11 is 0. The molecule has 0 bridgehead atoms. The number of benzene rings is 1. The maximum absolute atomic E-state index is 13.5. The Hall–Kier alpha value is -4.39. The Morgan fingerprint density at radius 3 is 2.53 bits per heavy atom. The molecule has 3 aromatic rings. The molecule has 0 spiro atoms. The summed E-state index contributed by atoms with van der Waals surface area (Å²) in [6, 6.07) is 4.74. The molecule has 1 atom stereocenters. The fourth-order valence-corrected chi connectivity index (χ4v) is 3.98. The average molecular weight is 531 g/mol. The molecule has 1 aliphatic rings. The number of rotatable bonds is 6. The lowest BCUT2D eigenvalue weighted by molar-refractivity contribution is -0.142. The summed E-state index contributed by atoms with van der Waals surface area (Å²) in [6.07, 6.45) is -0.678. The number of pyridine rings is 1. The minimum Gasteiger partial charge on any atom is -0.497 e. The van der Waals surface area contributed by atoms with Crippen LogP contribution in [0.4, 0.5) is 30.6 Å². The highest BCUT2D eigenvalue weighted by Crippen LogP contribution is 2.35. The van der Waals surface area contributed by atoms with Crippen molar-refractivity contribution in [2.75, 3.05) is 24.5 Å². The van der Waals surface area contributed by atoms with Gasteiger partial charge in [-0.2, -0.15) is 18.2 Å². The molecule has 1 unspecified atom stereocenters. The van der Waals surface area contributed by atoms with Crippen LogP contribution >= 0.6 is 0 Å². The third-order valence-electron chi connectivity index (χ3n) is 5.80. The first-order chi connectivity index (χ1) is 17.9. The van der Waals surface area contributed by atoms with Gasteiger partial charge in [-0.15, -0.1) is 0 Å². The molecule has 0 saturated heterocycles. The normalized spacial score (nSPS) is 15.3. The van der Waals surface area contributed by atoms with Crippen molar-refractivity contribution >= 4 is 23.4 Å². The van der Waals surface area contributed by atoms with Gasteiger partial charge in [0, 0.05) is 48.0 Å². The number of esters is 1. The Morgan fingerprint density at radius 1 is 1.16 bits per heavy atom. The molecule has 2 aromatic heterocycles. The van der Waals surface area contributed by atoms with Crippen molar-refractivity contribution in [2.24, 2.45) is 7.05 Å². The molecule has 0 radical (unpaired) electrons. The van der Waals surface area contributed by atoms with E-state index in [1.165, 1.54) is 49.1 Å². The van der Waals surface area contributed by atoms with Gasteiger partial charge in [0.25, 0.3) is 5.56 Å². The van der Waals surface area contributed by atoms with Crippen LogP contribution in [0.1, 0.15) is 22.8 Å². The first-order valence-electron chi connectivity index (χ1n) is 11.3. The number of alkyl halides is 3. The highest BCUT2D eigenvalue weighted by Gasteiger charge is 2.43. The highest BCUT2D eigenvalue weighted by atomic mass is 19.4. The van der Waals surface area contributed by atoms with E-state index in [0.717, 1.165) is 18.7 Å². The van der Waals surface area contributed by atoms with Crippen molar-refractivity contribution in [3.05, 3.63) is 69.9 Å². The van der Waals surface area contributed by atoms with E-state index in [4.69, 9.17) is 9.47 Å². The number of anilines is 3. The fraction of sp³-hybridized carbons (Fsp3) is 0.280. The van der Waals surface area contributed by atoms with Crippen LogP contribution in [0.15, 0.2) is 53.2 Å². The zero-order chi connectivity index (χ0) is 27.8. The van der Waals surface area contributed by atoms with Crippen molar-refractivity contribution in [3.8, 4) is 16.9 Å². The van der Waals surface area contributed by atoms with E-state index < -0.39 is 23.7 Å². The van der Waals surface area contributed by atoms with Crippen LogP contribution in [0.3, 0.4) is 0 Å². The van der Waals surface area contributed by atoms with Gasteiger partial charge in [-0.05, 0) is 43.7 Å². The average Bonchev–Trinajstić information content (AvgIpc) is 3.26. The Kier molecular flexibility index (Phi) is 7.14. The summed E-state index contributed by atoms with van der Waals surface area (Å²) in [4.78, 5) is 33.6. The highest BCUT2D eigenvalue weighted by molar-refractivity contribution is 5.91. The Morgan fingerprint density at radius 2 is 1.89 bits per heavy atom. The Bertz CT molecular complexity index is 1480. The number of halogens is 3. The van der Waals surface area contributed by atoms with E-state index in [2.05, 4.69) is 20.7 Å². The topological polar surface area (TPSA) is 111 Å². The van der Waals surface area contributed by atoms with Gasteiger partial charge in [0.15, 0.2) is 5.82 Å². The van der Waals surface area contributed by atoms with Gasteiger partial charge in [0.1, 0.15) is 17.4 Å². The van der Waals surface area contributed by atoms with E-state index >= 15 is 0 Å². The largest absolute Gasteiger partial charge is 0.497 e. The number of carbonyl (C=O) groups is 1. The molecule has 0 saturated carbocycles. The lowest BCUT2D eigenvalue weighted by Gasteiger charge is -2.25. The van der Waals surface area contributed by atoms with Crippen molar-refractivity contribution < 1.29 is 27.4 Å². The second-order valence-electron chi connectivity index (χ2n) is 8.64. The summed E-state index contributed by atoms with van der Waals surface area (Å²) in [5.41, 5.74) is 3.90. The van der Waals surface area contributed by atoms with Crippen LogP contribution in [-0.4, -0.2) is 46.9 Å². The third kappa shape index (κ3) is 5.32. The molecular formula is C25H25F3N6O4. The van der Waals surface area contributed by atoms with Crippen molar-refractivity contribution in [1.82, 2.24) is 20.0 Å². The molecule has 3 heterocycles. The second kappa shape index (κ2) is 10.2. The van der Waals surface area contributed by atoms with E-state index in [0.29, 0.717) is 17.0 Å². The van der Waals surface area contributed by atoms with Crippen LogP contribution in [-0.2, 0) is 11.8 Å². The maximum atomic E-state index is 13.5. The van der Waals surface area contributed by atoms with Crippen LogP contribution in [0, 0.1) is 6.92 Å². The maximum Gasteiger partial charge on any atom is 0.409 e. The smallest absolute Gasteiger partial charge is 0.409 e. The van der Waals surface area contributed by atoms with Gasteiger partial charge in [-0.3, -0.25) is 9.80 Å². The molecule has 200 valence electrons. The molecule has 38 heavy (non-hydrogen) atoms. The molecule has 0 fully saturated rings. The quantitative estimate of drug-likeness (QED) is 0.459. The van der Waals surface area contributed by atoms with Gasteiger partial charge in [-0.1, -0.05) is 0 Å². The predicted octanol–water partition coefficient (Wildman–Crippen LogP) is 3.85. The van der Waals surface area contributed by atoms with E-state index in [9.17, 15) is 22.8 Å².